The lowest BCUT2D eigenvalue weighted by molar-refractivity contribution is -0.139. The summed E-state index contributed by atoms with van der Waals surface area (Å²) >= 11 is 18.4. The Bertz CT molecular complexity index is 1230. The molecule has 2 amide bonds. The molecule has 0 spiro atoms. The van der Waals surface area contributed by atoms with Crippen molar-refractivity contribution < 1.29 is 18.0 Å². The molecular weight excluding hydrogens is 545 g/mol. The molecule has 0 saturated heterocycles. The van der Waals surface area contributed by atoms with Crippen LogP contribution in [0.5, 0.6) is 0 Å². The number of anilines is 1. The molecule has 3 rings (SSSR count). The van der Waals surface area contributed by atoms with E-state index in [4.69, 9.17) is 34.8 Å². The predicted molar refractivity (Wildman–Crippen MR) is 145 cm³/mol. The molecule has 0 aliphatic heterocycles. The summed E-state index contributed by atoms with van der Waals surface area (Å²) < 4.78 is 26.5. The van der Waals surface area contributed by atoms with Crippen LogP contribution < -0.4 is 9.62 Å². The molecule has 2 aromatic carbocycles. The van der Waals surface area contributed by atoms with Crippen molar-refractivity contribution in [3.63, 3.8) is 0 Å². The number of amides is 2. The Kier molecular flexibility index (Phi) is 9.55. The van der Waals surface area contributed by atoms with Crippen LogP contribution in [0.25, 0.3) is 0 Å². The molecule has 1 N–H and O–H groups in total. The molecule has 11 heteroatoms. The first kappa shape index (κ1) is 28.6. The number of hydrogen-bond donors (Lipinski definition) is 1. The number of benzene rings is 2. The second-order valence-corrected chi connectivity index (χ2v) is 12.2. The van der Waals surface area contributed by atoms with E-state index in [1.54, 1.807) is 50.2 Å². The monoisotopic (exact) mass is 573 g/mol. The Morgan fingerprint density at radius 2 is 1.72 bits per heavy atom. The van der Waals surface area contributed by atoms with Gasteiger partial charge in [-0.2, -0.15) is 0 Å². The van der Waals surface area contributed by atoms with E-state index in [0.29, 0.717) is 31.9 Å². The van der Waals surface area contributed by atoms with Gasteiger partial charge in [0.1, 0.15) is 12.6 Å². The molecule has 1 aliphatic carbocycles. The lowest BCUT2D eigenvalue weighted by Gasteiger charge is -2.32. The summed E-state index contributed by atoms with van der Waals surface area (Å²) in [5.74, 6) is -0.833. The second kappa shape index (κ2) is 12.0. The van der Waals surface area contributed by atoms with Crippen molar-refractivity contribution in [3.05, 3.63) is 62.6 Å². The van der Waals surface area contributed by atoms with Gasteiger partial charge in [-0.25, -0.2) is 8.42 Å². The molecule has 7 nitrogen and oxygen atoms in total. The van der Waals surface area contributed by atoms with E-state index in [1.807, 2.05) is 0 Å². The summed E-state index contributed by atoms with van der Waals surface area (Å²) in [6.07, 6.45) is 4.92. The maximum atomic E-state index is 13.7. The van der Waals surface area contributed by atoms with Gasteiger partial charge in [-0.1, -0.05) is 59.8 Å². The van der Waals surface area contributed by atoms with E-state index in [-0.39, 0.29) is 18.5 Å². The maximum absolute atomic E-state index is 13.7. The minimum absolute atomic E-state index is 0.0428. The van der Waals surface area contributed by atoms with Crippen LogP contribution in [-0.2, 0) is 26.2 Å². The van der Waals surface area contributed by atoms with Crippen molar-refractivity contribution in [2.45, 2.75) is 58.2 Å². The van der Waals surface area contributed by atoms with Crippen molar-refractivity contribution in [2.75, 3.05) is 17.1 Å². The molecule has 196 valence electrons. The molecule has 1 aliphatic rings. The highest BCUT2D eigenvalue weighted by Gasteiger charge is 2.32. The van der Waals surface area contributed by atoms with Crippen LogP contribution in [0.3, 0.4) is 0 Å². The number of carbonyl (C=O) groups excluding carboxylic acids is 2. The average Bonchev–Trinajstić information content (AvgIpc) is 3.32. The largest absolute Gasteiger partial charge is 0.352 e. The van der Waals surface area contributed by atoms with Crippen LogP contribution in [0.15, 0.2) is 36.4 Å². The summed E-state index contributed by atoms with van der Waals surface area (Å²) in [5.41, 5.74) is 1.49. The third kappa shape index (κ3) is 7.06. The summed E-state index contributed by atoms with van der Waals surface area (Å²) in [4.78, 5) is 28.1. The Labute approximate surface area is 227 Å². The Morgan fingerprint density at radius 3 is 2.33 bits per heavy atom. The van der Waals surface area contributed by atoms with Gasteiger partial charge in [0, 0.05) is 17.6 Å². The highest BCUT2D eigenvalue weighted by molar-refractivity contribution is 7.92. The van der Waals surface area contributed by atoms with E-state index < -0.39 is 28.5 Å². The highest BCUT2D eigenvalue weighted by Crippen LogP contribution is 2.29. The fourth-order valence-electron chi connectivity index (χ4n) is 4.27. The molecule has 0 radical (unpaired) electrons. The lowest BCUT2D eigenvalue weighted by Crippen LogP contribution is -2.52. The smallest absolute Gasteiger partial charge is 0.244 e. The van der Waals surface area contributed by atoms with Crippen LogP contribution in [-0.4, -0.2) is 50.0 Å². The Hall–Kier alpha value is -2.00. The minimum Gasteiger partial charge on any atom is -0.352 e. The number of nitrogens with one attached hydrogen (secondary N) is 1. The van der Waals surface area contributed by atoms with Crippen molar-refractivity contribution in [3.8, 4) is 0 Å². The predicted octanol–water partition coefficient (Wildman–Crippen LogP) is 5.20. The molecule has 0 heterocycles. The zero-order valence-electron chi connectivity index (χ0n) is 20.4. The quantitative estimate of drug-likeness (QED) is 0.446. The topological polar surface area (TPSA) is 86.8 Å². The van der Waals surface area contributed by atoms with Crippen LogP contribution in [0.4, 0.5) is 5.69 Å². The molecule has 0 bridgehead atoms. The van der Waals surface area contributed by atoms with Crippen molar-refractivity contribution in [1.82, 2.24) is 10.2 Å². The summed E-state index contributed by atoms with van der Waals surface area (Å²) in [6, 6.07) is 9.04. The van der Waals surface area contributed by atoms with E-state index >= 15 is 0 Å². The number of halogens is 3. The Morgan fingerprint density at radius 1 is 1.06 bits per heavy atom. The molecule has 0 unspecified atom stereocenters. The van der Waals surface area contributed by atoms with E-state index in [1.165, 1.54) is 4.90 Å². The van der Waals surface area contributed by atoms with Gasteiger partial charge < -0.3 is 10.2 Å². The van der Waals surface area contributed by atoms with Gasteiger partial charge in [-0.15, -0.1) is 0 Å². The SMILES string of the molecule is Cc1c(Cl)cccc1N(CC(=O)N(Cc1ccc(Cl)c(Cl)c1)[C@H](C)C(=O)NC1CCCC1)S(C)(=O)=O. The Balaban J connectivity index is 1.93. The van der Waals surface area contributed by atoms with Gasteiger partial charge in [0.15, 0.2) is 0 Å². The molecule has 1 atom stereocenters. The second-order valence-electron chi connectivity index (χ2n) is 9.09. The first-order valence-corrected chi connectivity index (χ1v) is 14.6. The van der Waals surface area contributed by atoms with Gasteiger partial charge in [0.05, 0.1) is 22.0 Å². The first-order chi connectivity index (χ1) is 16.9. The zero-order valence-corrected chi connectivity index (χ0v) is 23.5. The van der Waals surface area contributed by atoms with Gasteiger partial charge >= 0.3 is 0 Å². The standard InChI is InChI=1S/C25H30Cl3N3O4S/c1-16-20(26)9-6-10-23(16)31(36(3,34)35)15-24(32)30(14-18-11-12-21(27)22(28)13-18)17(2)25(33)29-19-7-4-5-8-19/h6,9-13,17,19H,4-5,7-8,14-15H2,1-3H3,(H,29,33)/t17-/m1/s1. The number of hydrogen-bond acceptors (Lipinski definition) is 4. The number of carbonyl (C=O) groups is 2. The van der Waals surface area contributed by atoms with E-state index in [2.05, 4.69) is 5.32 Å². The molecule has 1 fully saturated rings. The fourth-order valence-corrected chi connectivity index (χ4v) is 5.66. The number of sulfonamides is 1. The van der Waals surface area contributed by atoms with Crippen LogP contribution in [0, 0.1) is 6.92 Å². The zero-order chi connectivity index (χ0) is 26.6. The highest BCUT2D eigenvalue weighted by atomic mass is 35.5. The van der Waals surface area contributed by atoms with Crippen molar-refractivity contribution >= 4 is 62.3 Å². The van der Waals surface area contributed by atoms with Crippen molar-refractivity contribution in [2.24, 2.45) is 0 Å². The van der Waals surface area contributed by atoms with Crippen molar-refractivity contribution in [1.29, 1.82) is 0 Å². The third-order valence-electron chi connectivity index (χ3n) is 6.39. The summed E-state index contributed by atoms with van der Waals surface area (Å²) in [5, 5.41) is 4.09. The third-order valence-corrected chi connectivity index (χ3v) is 8.67. The molecule has 0 aromatic heterocycles. The van der Waals surface area contributed by atoms with Crippen LogP contribution >= 0.6 is 34.8 Å². The summed E-state index contributed by atoms with van der Waals surface area (Å²) in [7, 11) is -3.85. The van der Waals surface area contributed by atoms with Gasteiger partial charge in [-0.05, 0) is 62.1 Å². The van der Waals surface area contributed by atoms with E-state index in [0.717, 1.165) is 36.2 Å². The fraction of sp³-hybridized carbons (Fsp3) is 0.440. The van der Waals surface area contributed by atoms with Gasteiger partial charge in [-0.3, -0.25) is 13.9 Å². The maximum Gasteiger partial charge on any atom is 0.244 e. The van der Waals surface area contributed by atoms with Gasteiger partial charge in [0.2, 0.25) is 21.8 Å². The van der Waals surface area contributed by atoms with Gasteiger partial charge in [0.25, 0.3) is 0 Å². The summed E-state index contributed by atoms with van der Waals surface area (Å²) in [6.45, 7) is 2.87. The average molecular weight is 575 g/mol. The molecule has 1 saturated carbocycles. The number of rotatable bonds is 9. The minimum atomic E-state index is -3.85. The molecular formula is C25H30Cl3N3O4S. The number of nitrogens with zero attached hydrogens (tertiary/aromatic N) is 2. The molecule has 2 aromatic rings. The van der Waals surface area contributed by atoms with E-state index in [9.17, 15) is 18.0 Å². The normalized spacial score (nSPS) is 14.9. The first-order valence-electron chi connectivity index (χ1n) is 11.6. The van der Waals surface area contributed by atoms with Crippen LogP contribution in [0.1, 0.15) is 43.7 Å². The van der Waals surface area contributed by atoms with Crippen LogP contribution in [0.2, 0.25) is 15.1 Å². The molecule has 36 heavy (non-hydrogen) atoms. The lowest BCUT2D eigenvalue weighted by atomic mass is 10.1.